The third-order valence-corrected chi connectivity index (χ3v) is 3.22. The number of carbonyl (C=O) groups is 1. The van der Waals surface area contributed by atoms with Gasteiger partial charge in [0.05, 0.1) is 0 Å². The number of anilines is 1. The molecule has 0 spiro atoms. The number of rotatable bonds is 3. The van der Waals surface area contributed by atoms with Gasteiger partial charge < -0.3 is 5.32 Å². The predicted octanol–water partition coefficient (Wildman–Crippen LogP) is 4.52. The van der Waals surface area contributed by atoms with Crippen molar-refractivity contribution in [1.29, 1.82) is 0 Å². The average molecular weight is 286 g/mol. The Hall–Kier alpha value is -2.06. The van der Waals surface area contributed by atoms with Crippen molar-refractivity contribution in [3.63, 3.8) is 0 Å². The molecule has 0 aliphatic rings. The molecule has 1 N–H and O–H groups in total. The molecule has 0 saturated carbocycles. The molecule has 0 atom stereocenters. The summed E-state index contributed by atoms with van der Waals surface area (Å²) in [6, 6.07) is 15.4. The molecule has 2 aromatic carbocycles. The largest absolute Gasteiger partial charge is 0.321 e. The minimum Gasteiger partial charge on any atom is -0.321 e. The molecule has 0 fully saturated rings. The molecule has 20 heavy (non-hydrogen) atoms. The molecular weight excluding hydrogens is 270 g/mol. The average Bonchev–Trinajstić information content (AvgIpc) is 2.43. The van der Waals surface area contributed by atoms with Crippen molar-refractivity contribution in [3.05, 3.63) is 70.3 Å². The Balaban J connectivity index is 2.14. The highest BCUT2D eigenvalue weighted by Gasteiger charge is 2.08. The van der Waals surface area contributed by atoms with Gasteiger partial charge in [0.1, 0.15) is 5.03 Å². The van der Waals surface area contributed by atoms with Gasteiger partial charge in [-0.25, -0.2) is 0 Å². The minimum atomic E-state index is -0.303. The zero-order valence-electron chi connectivity index (χ0n) is 11.5. The standard InChI is InChI=1S/C17H16ClNO/c1-12-8-9-16(13(2)10-12)19-17(20)15(18)11-14-6-4-3-5-7-14/h3-11H,1-2H3,(H,19,20)/b15-11-. The van der Waals surface area contributed by atoms with Crippen molar-refractivity contribution >= 4 is 29.3 Å². The van der Waals surface area contributed by atoms with Gasteiger partial charge in [-0.3, -0.25) is 4.79 Å². The van der Waals surface area contributed by atoms with E-state index < -0.39 is 0 Å². The van der Waals surface area contributed by atoms with Gasteiger partial charge in [-0.05, 0) is 37.1 Å². The van der Waals surface area contributed by atoms with Crippen LogP contribution in [0.1, 0.15) is 16.7 Å². The van der Waals surface area contributed by atoms with Gasteiger partial charge in [0.15, 0.2) is 0 Å². The second-order valence-electron chi connectivity index (χ2n) is 4.68. The third-order valence-electron chi connectivity index (χ3n) is 2.94. The second-order valence-corrected chi connectivity index (χ2v) is 5.08. The summed E-state index contributed by atoms with van der Waals surface area (Å²) in [4.78, 5) is 12.0. The summed E-state index contributed by atoms with van der Waals surface area (Å²) in [5.41, 5.74) is 3.85. The number of carbonyl (C=O) groups excluding carboxylic acids is 1. The van der Waals surface area contributed by atoms with Gasteiger partial charge in [0, 0.05) is 5.69 Å². The molecule has 0 aliphatic carbocycles. The molecule has 1 amide bonds. The third kappa shape index (κ3) is 3.72. The Labute approximate surface area is 124 Å². The summed E-state index contributed by atoms with van der Waals surface area (Å²) in [7, 11) is 0. The lowest BCUT2D eigenvalue weighted by Gasteiger charge is -2.08. The molecule has 0 bridgehead atoms. The van der Waals surface area contributed by atoms with Crippen LogP contribution in [0.4, 0.5) is 5.69 Å². The topological polar surface area (TPSA) is 29.1 Å². The van der Waals surface area contributed by atoms with Crippen molar-refractivity contribution in [2.45, 2.75) is 13.8 Å². The Morgan fingerprint density at radius 1 is 1.10 bits per heavy atom. The van der Waals surface area contributed by atoms with Crippen LogP contribution in [-0.4, -0.2) is 5.91 Å². The van der Waals surface area contributed by atoms with Crippen molar-refractivity contribution < 1.29 is 4.79 Å². The van der Waals surface area contributed by atoms with Crippen LogP contribution in [0.5, 0.6) is 0 Å². The summed E-state index contributed by atoms with van der Waals surface area (Å²) in [6.07, 6.45) is 1.65. The number of nitrogens with one attached hydrogen (secondary N) is 1. The van der Waals surface area contributed by atoms with Gasteiger partial charge in [-0.15, -0.1) is 0 Å². The molecule has 2 nitrogen and oxygen atoms in total. The number of aryl methyl sites for hydroxylation is 2. The van der Waals surface area contributed by atoms with Crippen LogP contribution in [0.3, 0.4) is 0 Å². The van der Waals surface area contributed by atoms with Crippen LogP contribution in [-0.2, 0) is 4.79 Å². The van der Waals surface area contributed by atoms with Crippen molar-refractivity contribution in [2.24, 2.45) is 0 Å². The maximum atomic E-state index is 12.0. The van der Waals surface area contributed by atoms with Gasteiger partial charge in [0.25, 0.3) is 5.91 Å². The van der Waals surface area contributed by atoms with E-state index in [-0.39, 0.29) is 10.9 Å². The van der Waals surface area contributed by atoms with E-state index >= 15 is 0 Å². The first-order valence-electron chi connectivity index (χ1n) is 6.37. The molecule has 2 rings (SSSR count). The van der Waals surface area contributed by atoms with Gasteiger partial charge in [-0.2, -0.15) is 0 Å². The van der Waals surface area contributed by atoms with Crippen LogP contribution >= 0.6 is 11.6 Å². The first-order valence-corrected chi connectivity index (χ1v) is 6.75. The van der Waals surface area contributed by atoms with Crippen molar-refractivity contribution in [3.8, 4) is 0 Å². The molecule has 2 aromatic rings. The number of halogens is 1. The fourth-order valence-corrected chi connectivity index (χ4v) is 2.07. The van der Waals surface area contributed by atoms with Gasteiger partial charge in [-0.1, -0.05) is 59.6 Å². The predicted molar refractivity (Wildman–Crippen MR) is 84.8 cm³/mol. The van der Waals surface area contributed by atoms with E-state index in [1.807, 2.05) is 62.4 Å². The van der Waals surface area contributed by atoms with Gasteiger partial charge >= 0.3 is 0 Å². The minimum absolute atomic E-state index is 0.163. The first-order chi connectivity index (χ1) is 9.56. The molecule has 0 aliphatic heterocycles. The van der Waals surface area contributed by atoms with E-state index in [4.69, 9.17) is 11.6 Å². The van der Waals surface area contributed by atoms with Crippen LogP contribution in [0.15, 0.2) is 53.6 Å². The lowest BCUT2D eigenvalue weighted by molar-refractivity contribution is -0.112. The highest BCUT2D eigenvalue weighted by molar-refractivity contribution is 6.45. The summed E-state index contributed by atoms with van der Waals surface area (Å²) in [6.45, 7) is 3.97. The lowest BCUT2D eigenvalue weighted by Crippen LogP contribution is -2.12. The summed E-state index contributed by atoms with van der Waals surface area (Å²) in [5, 5.41) is 2.98. The first kappa shape index (κ1) is 14.4. The number of benzene rings is 2. The zero-order valence-corrected chi connectivity index (χ0v) is 12.2. The smallest absolute Gasteiger partial charge is 0.267 e. The molecule has 0 saturated heterocycles. The van der Waals surface area contributed by atoms with E-state index in [1.54, 1.807) is 6.08 Å². The summed E-state index contributed by atoms with van der Waals surface area (Å²) in [5.74, 6) is -0.303. The zero-order chi connectivity index (χ0) is 14.5. The molecule has 0 unspecified atom stereocenters. The maximum absolute atomic E-state index is 12.0. The maximum Gasteiger partial charge on any atom is 0.267 e. The Bertz CT molecular complexity index is 647. The van der Waals surface area contributed by atoms with E-state index in [1.165, 1.54) is 0 Å². The molecule has 0 heterocycles. The Kier molecular flexibility index (Phi) is 4.59. The van der Waals surface area contributed by atoms with Crippen LogP contribution in [0.25, 0.3) is 6.08 Å². The fraction of sp³-hybridized carbons (Fsp3) is 0.118. The summed E-state index contributed by atoms with van der Waals surface area (Å²) >= 11 is 6.05. The van der Waals surface area contributed by atoms with Crippen LogP contribution in [0, 0.1) is 13.8 Å². The van der Waals surface area contributed by atoms with Gasteiger partial charge in [0.2, 0.25) is 0 Å². The van der Waals surface area contributed by atoms with Crippen molar-refractivity contribution in [2.75, 3.05) is 5.32 Å². The second kappa shape index (κ2) is 6.40. The van der Waals surface area contributed by atoms with E-state index in [0.29, 0.717) is 0 Å². The van der Waals surface area contributed by atoms with Crippen LogP contribution in [0.2, 0.25) is 0 Å². The normalized spacial score (nSPS) is 11.2. The highest BCUT2D eigenvalue weighted by Crippen LogP contribution is 2.18. The molecular formula is C17H16ClNO. The molecule has 0 radical (unpaired) electrons. The number of amides is 1. The Morgan fingerprint density at radius 2 is 1.80 bits per heavy atom. The SMILES string of the molecule is Cc1ccc(NC(=O)/C(Cl)=C/c2ccccc2)c(C)c1. The Morgan fingerprint density at radius 3 is 2.45 bits per heavy atom. The lowest BCUT2D eigenvalue weighted by atomic mass is 10.1. The molecule has 3 heteroatoms. The highest BCUT2D eigenvalue weighted by atomic mass is 35.5. The monoisotopic (exact) mass is 285 g/mol. The molecule has 102 valence electrons. The van der Waals surface area contributed by atoms with Crippen molar-refractivity contribution in [1.82, 2.24) is 0 Å². The summed E-state index contributed by atoms with van der Waals surface area (Å²) < 4.78 is 0. The van der Waals surface area contributed by atoms with E-state index in [2.05, 4.69) is 5.32 Å². The molecule has 0 aromatic heterocycles. The number of hydrogen-bond donors (Lipinski definition) is 1. The van der Waals surface area contributed by atoms with E-state index in [9.17, 15) is 4.79 Å². The fourth-order valence-electron chi connectivity index (χ4n) is 1.90. The quantitative estimate of drug-likeness (QED) is 0.825. The van der Waals surface area contributed by atoms with E-state index in [0.717, 1.165) is 22.4 Å². The number of hydrogen-bond acceptors (Lipinski definition) is 1. The van der Waals surface area contributed by atoms with Crippen LogP contribution < -0.4 is 5.32 Å².